The molecule has 0 fully saturated rings. The lowest BCUT2D eigenvalue weighted by atomic mass is 9.76. The average molecular weight is 495 g/mol. The Bertz CT molecular complexity index is 1060. The number of esters is 1. The van der Waals surface area contributed by atoms with Crippen LogP contribution in [0.3, 0.4) is 0 Å². The van der Waals surface area contributed by atoms with Gasteiger partial charge < -0.3 is 14.9 Å². The van der Waals surface area contributed by atoms with Crippen molar-refractivity contribution in [3.8, 4) is 11.5 Å². The van der Waals surface area contributed by atoms with Crippen molar-refractivity contribution in [1.82, 2.24) is 0 Å². The molecule has 2 aromatic rings. The number of benzene rings is 2. The van der Waals surface area contributed by atoms with Crippen molar-refractivity contribution in [1.29, 1.82) is 0 Å². The molecule has 0 saturated heterocycles. The Hall–Kier alpha value is -2.75. The van der Waals surface area contributed by atoms with Crippen molar-refractivity contribution < 1.29 is 19.7 Å². The number of rotatable bonds is 4. The zero-order valence-electron chi connectivity index (χ0n) is 24.4. The largest absolute Gasteiger partial charge is 0.507 e. The highest BCUT2D eigenvalue weighted by molar-refractivity contribution is 5.82. The lowest BCUT2D eigenvalue weighted by Crippen LogP contribution is -2.21. The fourth-order valence-electron chi connectivity index (χ4n) is 4.18. The summed E-state index contributed by atoms with van der Waals surface area (Å²) >= 11 is 0. The van der Waals surface area contributed by atoms with Gasteiger partial charge in [-0.15, -0.1) is 0 Å². The molecule has 0 amide bonds. The summed E-state index contributed by atoms with van der Waals surface area (Å²) in [6, 6.07) is 7.84. The minimum absolute atomic E-state index is 0.0650. The molecule has 0 bridgehead atoms. The number of aromatic hydroxyl groups is 2. The Kier molecular flexibility index (Phi) is 7.87. The van der Waals surface area contributed by atoms with Gasteiger partial charge in [-0.25, -0.2) is 4.79 Å². The molecule has 0 aromatic heterocycles. The van der Waals surface area contributed by atoms with Gasteiger partial charge in [0.15, 0.2) is 6.10 Å². The Morgan fingerprint density at radius 3 is 1.28 bits per heavy atom. The van der Waals surface area contributed by atoms with Gasteiger partial charge in [-0.1, -0.05) is 102 Å². The Morgan fingerprint density at radius 1 is 0.694 bits per heavy atom. The van der Waals surface area contributed by atoms with E-state index >= 15 is 0 Å². The normalized spacial score (nSPS) is 13.1. The number of hydrogen-bond acceptors (Lipinski definition) is 4. The summed E-state index contributed by atoms with van der Waals surface area (Å²) in [4.78, 5) is 12.6. The Morgan fingerprint density at radius 2 is 1.03 bits per heavy atom. The third-order valence-corrected chi connectivity index (χ3v) is 6.59. The molecular weight excluding hydrogens is 448 g/mol. The molecule has 2 aromatic carbocycles. The molecule has 2 rings (SSSR count). The van der Waals surface area contributed by atoms with Crippen LogP contribution in [0.25, 0.3) is 0 Å². The zero-order chi connectivity index (χ0) is 28.0. The fourth-order valence-corrected chi connectivity index (χ4v) is 4.18. The third kappa shape index (κ3) is 6.32. The van der Waals surface area contributed by atoms with Crippen molar-refractivity contribution in [2.75, 3.05) is 0 Å². The van der Waals surface area contributed by atoms with Crippen molar-refractivity contribution >= 4 is 5.97 Å². The van der Waals surface area contributed by atoms with Crippen molar-refractivity contribution in [2.45, 2.75) is 111 Å². The smallest absolute Gasteiger partial charge is 0.331 e. The molecule has 4 heteroatoms. The van der Waals surface area contributed by atoms with Crippen LogP contribution in [-0.4, -0.2) is 16.2 Å². The summed E-state index contributed by atoms with van der Waals surface area (Å²) in [5.41, 5.74) is 3.25. The maximum absolute atomic E-state index is 12.6. The number of carbonyl (C=O) groups excluding carboxylic acids is 1. The number of hydrogen-bond donors (Lipinski definition) is 2. The van der Waals surface area contributed by atoms with Gasteiger partial charge in [-0.2, -0.15) is 0 Å². The van der Waals surface area contributed by atoms with E-state index in [0.29, 0.717) is 11.1 Å². The van der Waals surface area contributed by atoms with E-state index in [1.54, 1.807) is 0 Å². The minimum atomic E-state index is -1.03. The Balaban J connectivity index is 3.08. The molecule has 0 unspecified atom stereocenters. The highest BCUT2D eigenvalue weighted by atomic mass is 16.5. The van der Waals surface area contributed by atoms with Crippen molar-refractivity contribution in [3.05, 3.63) is 70.3 Å². The maximum Gasteiger partial charge on any atom is 0.331 e. The second-order valence-corrected chi connectivity index (χ2v) is 13.9. The van der Waals surface area contributed by atoms with Crippen LogP contribution in [0, 0.1) is 0 Å². The molecule has 0 saturated carbocycles. The van der Waals surface area contributed by atoms with Crippen LogP contribution < -0.4 is 0 Å². The fraction of sp³-hybridized carbons (Fsp3) is 0.531. The van der Waals surface area contributed by atoms with Crippen LogP contribution in [0.5, 0.6) is 11.5 Å². The number of phenolic OH excluding ortho intramolecular Hbond substituents is 2. The van der Waals surface area contributed by atoms with Crippen LogP contribution in [-0.2, 0) is 31.2 Å². The molecule has 0 radical (unpaired) electrons. The molecule has 0 spiro atoms. The first-order chi connectivity index (χ1) is 16.1. The van der Waals surface area contributed by atoms with Crippen molar-refractivity contribution in [2.24, 2.45) is 0 Å². The molecule has 0 atom stereocenters. The Labute approximate surface area is 218 Å². The summed E-state index contributed by atoms with van der Waals surface area (Å²) in [5, 5.41) is 23.2. The minimum Gasteiger partial charge on any atom is -0.507 e. The van der Waals surface area contributed by atoms with Gasteiger partial charge in [0.05, 0.1) is 0 Å². The predicted octanol–water partition coefficient (Wildman–Crippen LogP) is 8.11. The molecular formula is C32H46O4. The molecule has 0 heterocycles. The van der Waals surface area contributed by atoms with Crippen LogP contribution in [0.15, 0.2) is 36.9 Å². The zero-order valence-corrected chi connectivity index (χ0v) is 24.4. The first-order valence-electron chi connectivity index (χ1n) is 12.7. The highest BCUT2D eigenvalue weighted by Crippen LogP contribution is 2.47. The van der Waals surface area contributed by atoms with Crippen LogP contribution in [0.1, 0.15) is 123 Å². The SMILES string of the molecule is C=CC(=O)OC(c1cc(C(C)(C)C)cc(C(C)(C)C)c1O)c1cc(C(C)(C)C)cc(C(C)(C)C)c1O. The van der Waals surface area contributed by atoms with E-state index < -0.39 is 12.1 Å². The van der Waals surface area contributed by atoms with E-state index in [9.17, 15) is 15.0 Å². The number of carbonyl (C=O) groups is 1. The second kappa shape index (κ2) is 9.61. The summed E-state index contributed by atoms with van der Waals surface area (Å²) in [6.07, 6.45) is 0.0831. The number of ether oxygens (including phenoxy) is 1. The quantitative estimate of drug-likeness (QED) is 0.333. The molecule has 198 valence electrons. The summed E-state index contributed by atoms with van der Waals surface area (Å²) in [6.45, 7) is 28.5. The molecule has 2 N–H and O–H groups in total. The summed E-state index contributed by atoms with van der Waals surface area (Å²) in [5.74, 6) is -0.499. The first-order valence-corrected chi connectivity index (χ1v) is 12.7. The van der Waals surface area contributed by atoms with E-state index in [0.717, 1.165) is 28.3 Å². The first kappa shape index (κ1) is 29.5. The lowest BCUT2D eigenvalue weighted by Gasteiger charge is -2.32. The van der Waals surface area contributed by atoms with E-state index in [1.165, 1.54) is 0 Å². The number of phenols is 2. The summed E-state index contributed by atoms with van der Waals surface area (Å²) in [7, 11) is 0. The van der Waals surface area contributed by atoms with Crippen molar-refractivity contribution in [3.63, 3.8) is 0 Å². The average Bonchev–Trinajstić information content (AvgIpc) is 2.69. The van der Waals surface area contributed by atoms with Gasteiger partial charge in [-0.3, -0.25) is 0 Å². The van der Waals surface area contributed by atoms with Crippen LogP contribution in [0.2, 0.25) is 0 Å². The standard InChI is InChI=1S/C32H46O4/c1-14-25(33)36-28(21-15-19(29(2,3)4)17-23(26(21)34)31(8,9)10)22-16-20(30(5,6)7)18-24(27(22)35)32(11,12)13/h14-18,28,34-35H,1H2,2-13H3. The molecule has 0 aliphatic heterocycles. The monoisotopic (exact) mass is 494 g/mol. The van der Waals surface area contributed by atoms with Gasteiger partial charge in [0.1, 0.15) is 11.5 Å². The van der Waals surface area contributed by atoms with Gasteiger partial charge >= 0.3 is 5.97 Å². The molecule has 36 heavy (non-hydrogen) atoms. The van der Waals surface area contributed by atoms with Crippen LogP contribution >= 0.6 is 0 Å². The molecule has 4 nitrogen and oxygen atoms in total. The highest BCUT2D eigenvalue weighted by Gasteiger charge is 2.34. The van der Waals surface area contributed by atoms with Gasteiger partial charge in [0, 0.05) is 17.2 Å². The lowest BCUT2D eigenvalue weighted by molar-refractivity contribution is -0.141. The maximum atomic E-state index is 12.6. The van der Waals surface area contributed by atoms with E-state index in [4.69, 9.17) is 4.74 Å². The van der Waals surface area contributed by atoms with E-state index in [-0.39, 0.29) is 33.2 Å². The van der Waals surface area contributed by atoms with Gasteiger partial charge in [-0.05, 0) is 56.0 Å². The molecule has 0 aliphatic rings. The van der Waals surface area contributed by atoms with Gasteiger partial charge in [0.2, 0.25) is 0 Å². The van der Waals surface area contributed by atoms with E-state index in [1.807, 2.05) is 65.8 Å². The predicted molar refractivity (Wildman–Crippen MR) is 149 cm³/mol. The second-order valence-electron chi connectivity index (χ2n) is 13.9. The van der Waals surface area contributed by atoms with E-state index in [2.05, 4.69) is 48.1 Å². The third-order valence-electron chi connectivity index (χ3n) is 6.59. The van der Waals surface area contributed by atoms with Gasteiger partial charge in [0.25, 0.3) is 0 Å². The van der Waals surface area contributed by atoms with Crippen LogP contribution in [0.4, 0.5) is 0 Å². The topological polar surface area (TPSA) is 66.8 Å². The summed E-state index contributed by atoms with van der Waals surface area (Å²) < 4.78 is 5.93. The molecule has 0 aliphatic carbocycles.